The first-order valence-corrected chi connectivity index (χ1v) is 5.16. The molecule has 0 aromatic heterocycles. The molecule has 2 rings (SSSR count). The summed E-state index contributed by atoms with van der Waals surface area (Å²) in [5.74, 6) is -0.878. The van der Waals surface area contributed by atoms with Gasteiger partial charge in [0.25, 0.3) is 0 Å². The SMILES string of the molecule is Cc1ccc(C2(N)CCC2)cc1C(=O)O. The van der Waals surface area contributed by atoms with E-state index in [1.54, 1.807) is 13.0 Å². The molecule has 0 amide bonds. The van der Waals surface area contributed by atoms with Crippen LogP contribution in [0.4, 0.5) is 0 Å². The molecule has 0 aliphatic heterocycles. The second-order valence-electron chi connectivity index (χ2n) is 4.34. The lowest BCUT2D eigenvalue weighted by molar-refractivity contribution is 0.0695. The van der Waals surface area contributed by atoms with Gasteiger partial charge in [-0.25, -0.2) is 4.79 Å². The lowest BCUT2D eigenvalue weighted by Crippen LogP contribution is -2.43. The summed E-state index contributed by atoms with van der Waals surface area (Å²) in [7, 11) is 0. The van der Waals surface area contributed by atoms with Crippen molar-refractivity contribution in [3.8, 4) is 0 Å². The summed E-state index contributed by atoms with van der Waals surface area (Å²) in [6, 6.07) is 5.50. The van der Waals surface area contributed by atoms with Crippen LogP contribution in [0.1, 0.15) is 40.7 Å². The van der Waals surface area contributed by atoms with Crippen LogP contribution in [0, 0.1) is 6.92 Å². The number of carbonyl (C=O) groups is 1. The van der Waals surface area contributed by atoms with Gasteiger partial charge in [0.2, 0.25) is 0 Å². The van der Waals surface area contributed by atoms with Gasteiger partial charge in [-0.15, -0.1) is 0 Å². The van der Waals surface area contributed by atoms with Crippen LogP contribution >= 0.6 is 0 Å². The lowest BCUT2D eigenvalue weighted by Gasteiger charge is -2.38. The normalized spacial score (nSPS) is 18.3. The number of carboxylic acid groups (broad SMARTS) is 1. The number of hydrogen-bond acceptors (Lipinski definition) is 2. The topological polar surface area (TPSA) is 63.3 Å². The van der Waals surface area contributed by atoms with Gasteiger partial charge in [0.15, 0.2) is 0 Å². The minimum atomic E-state index is -0.878. The maximum atomic E-state index is 11.0. The van der Waals surface area contributed by atoms with Crippen LogP contribution in [0.2, 0.25) is 0 Å². The molecule has 0 saturated heterocycles. The van der Waals surface area contributed by atoms with E-state index in [0.717, 1.165) is 30.4 Å². The maximum absolute atomic E-state index is 11.0. The molecule has 1 aliphatic rings. The molecule has 0 spiro atoms. The van der Waals surface area contributed by atoms with Gasteiger partial charge >= 0.3 is 5.97 Å². The van der Waals surface area contributed by atoms with Crippen LogP contribution < -0.4 is 5.73 Å². The van der Waals surface area contributed by atoms with E-state index in [1.807, 2.05) is 12.1 Å². The van der Waals surface area contributed by atoms with E-state index in [-0.39, 0.29) is 5.54 Å². The molecule has 15 heavy (non-hydrogen) atoms. The van der Waals surface area contributed by atoms with E-state index in [9.17, 15) is 4.79 Å². The number of hydrogen-bond donors (Lipinski definition) is 2. The van der Waals surface area contributed by atoms with E-state index in [2.05, 4.69) is 0 Å². The number of nitrogens with two attached hydrogens (primary N) is 1. The van der Waals surface area contributed by atoms with Crippen LogP contribution in [0.15, 0.2) is 18.2 Å². The van der Waals surface area contributed by atoms with Gasteiger partial charge in [0, 0.05) is 5.54 Å². The largest absolute Gasteiger partial charge is 0.478 e. The van der Waals surface area contributed by atoms with E-state index in [1.165, 1.54) is 0 Å². The second kappa shape index (κ2) is 3.35. The highest BCUT2D eigenvalue weighted by Crippen LogP contribution is 2.39. The van der Waals surface area contributed by atoms with Crippen LogP contribution in [0.25, 0.3) is 0 Å². The molecule has 1 aliphatic carbocycles. The highest BCUT2D eigenvalue weighted by atomic mass is 16.4. The van der Waals surface area contributed by atoms with Gasteiger partial charge in [0.1, 0.15) is 0 Å². The first-order valence-electron chi connectivity index (χ1n) is 5.16. The Morgan fingerprint density at radius 1 is 1.47 bits per heavy atom. The highest BCUT2D eigenvalue weighted by molar-refractivity contribution is 5.89. The van der Waals surface area contributed by atoms with Crippen molar-refractivity contribution in [1.82, 2.24) is 0 Å². The Morgan fingerprint density at radius 3 is 2.60 bits per heavy atom. The number of benzene rings is 1. The zero-order valence-electron chi connectivity index (χ0n) is 8.79. The lowest BCUT2D eigenvalue weighted by atomic mass is 9.72. The molecule has 3 nitrogen and oxygen atoms in total. The summed E-state index contributed by atoms with van der Waals surface area (Å²) in [4.78, 5) is 11.0. The van der Waals surface area contributed by atoms with Crippen LogP contribution in [0.3, 0.4) is 0 Å². The third-order valence-electron chi connectivity index (χ3n) is 3.29. The third kappa shape index (κ3) is 1.63. The summed E-state index contributed by atoms with van der Waals surface area (Å²) in [5.41, 5.74) is 7.98. The van der Waals surface area contributed by atoms with Crippen molar-refractivity contribution in [2.75, 3.05) is 0 Å². The average molecular weight is 205 g/mol. The molecule has 0 heterocycles. The van der Waals surface area contributed by atoms with Gasteiger partial charge in [-0.05, 0) is 43.4 Å². The van der Waals surface area contributed by atoms with Crippen molar-refractivity contribution >= 4 is 5.97 Å². The van der Waals surface area contributed by atoms with Crippen LogP contribution in [-0.2, 0) is 5.54 Å². The first-order chi connectivity index (χ1) is 7.03. The predicted molar refractivity (Wildman–Crippen MR) is 57.9 cm³/mol. The molecule has 1 aromatic carbocycles. The van der Waals surface area contributed by atoms with Crippen molar-refractivity contribution in [3.05, 3.63) is 34.9 Å². The Kier molecular flexibility index (Phi) is 2.27. The number of rotatable bonds is 2. The Morgan fingerprint density at radius 2 is 2.13 bits per heavy atom. The van der Waals surface area contributed by atoms with Gasteiger partial charge in [-0.2, -0.15) is 0 Å². The van der Waals surface area contributed by atoms with Gasteiger partial charge < -0.3 is 10.8 Å². The minimum absolute atomic E-state index is 0.280. The van der Waals surface area contributed by atoms with Crippen molar-refractivity contribution in [2.24, 2.45) is 5.73 Å². The van der Waals surface area contributed by atoms with Crippen molar-refractivity contribution in [1.29, 1.82) is 0 Å². The van der Waals surface area contributed by atoms with Crippen molar-refractivity contribution < 1.29 is 9.90 Å². The number of carboxylic acids is 1. The van der Waals surface area contributed by atoms with E-state index < -0.39 is 5.97 Å². The quantitative estimate of drug-likeness (QED) is 0.776. The number of aromatic carboxylic acids is 1. The Bertz CT molecular complexity index is 408. The Balaban J connectivity index is 2.42. The minimum Gasteiger partial charge on any atom is -0.478 e. The molecule has 3 heteroatoms. The molecule has 1 aromatic rings. The standard InChI is InChI=1S/C12H15NO2/c1-8-3-4-9(7-10(8)11(14)15)12(13)5-2-6-12/h3-4,7H,2,5-6,13H2,1H3,(H,14,15). The zero-order chi connectivity index (χ0) is 11.1. The monoisotopic (exact) mass is 205 g/mol. The second-order valence-corrected chi connectivity index (χ2v) is 4.34. The summed E-state index contributed by atoms with van der Waals surface area (Å²) < 4.78 is 0. The van der Waals surface area contributed by atoms with Gasteiger partial charge in [-0.1, -0.05) is 12.1 Å². The molecule has 3 N–H and O–H groups in total. The molecule has 0 unspecified atom stereocenters. The zero-order valence-corrected chi connectivity index (χ0v) is 8.79. The maximum Gasteiger partial charge on any atom is 0.335 e. The Hall–Kier alpha value is -1.35. The molecule has 1 saturated carbocycles. The molecule has 0 atom stereocenters. The predicted octanol–water partition coefficient (Wildman–Crippen LogP) is 2.03. The fraction of sp³-hybridized carbons (Fsp3) is 0.417. The molecule has 80 valence electrons. The fourth-order valence-electron chi connectivity index (χ4n) is 2.01. The van der Waals surface area contributed by atoms with Gasteiger partial charge in [-0.3, -0.25) is 0 Å². The average Bonchev–Trinajstić information content (AvgIpc) is 2.14. The first kappa shape index (κ1) is 10.2. The van der Waals surface area contributed by atoms with E-state index in [4.69, 9.17) is 10.8 Å². The third-order valence-corrected chi connectivity index (χ3v) is 3.29. The van der Waals surface area contributed by atoms with Crippen LogP contribution in [-0.4, -0.2) is 11.1 Å². The van der Waals surface area contributed by atoms with E-state index in [0.29, 0.717) is 5.56 Å². The molecule has 0 bridgehead atoms. The molecule has 1 fully saturated rings. The highest BCUT2D eigenvalue weighted by Gasteiger charge is 2.34. The Labute approximate surface area is 88.9 Å². The van der Waals surface area contributed by atoms with E-state index >= 15 is 0 Å². The molecule has 0 radical (unpaired) electrons. The van der Waals surface area contributed by atoms with Crippen molar-refractivity contribution in [2.45, 2.75) is 31.7 Å². The smallest absolute Gasteiger partial charge is 0.335 e. The summed E-state index contributed by atoms with van der Waals surface area (Å²) in [6.07, 6.45) is 3.04. The number of aryl methyl sites for hydroxylation is 1. The molecular weight excluding hydrogens is 190 g/mol. The summed E-state index contributed by atoms with van der Waals surface area (Å²) in [6.45, 7) is 1.80. The van der Waals surface area contributed by atoms with Gasteiger partial charge in [0.05, 0.1) is 5.56 Å². The van der Waals surface area contributed by atoms with Crippen molar-refractivity contribution in [3.63, 3.8) is 0 Å². The fourth-order valence-corrected chi connectivity index (χ4v) is 2.01. The summed E-state index contributed by atoms with van der Waals surface area (Å²) >= 11 is 0. The molecular formula is C12H15NO2. The van der Waals surface area contributed by atoms with Crippen LogP contribution in [0.5, 0.6) is 0 Å². The summed E-state index contributed by atoms with van der Waals surface area (Å²) in [5, 5.41) is 9.01.